The van der Waals surface area contributed by atoms with Crippen LogP contribution in [0.15, 0.2) is 18.3 Å². The summed E-state index contributed by atoms with van der Waals surface area (Å²) >= 11 is 0. The molecular weight excluding hydrogens is 228 g/mol. The lowest BCUT2D eigenvalue weighted by atomic mass is 9.96. The summed E-state index contributed by atoms with van der Waals surface area (Å²) < 4.78 is 5.07. The first kappa shape index (κ1) is 12.9. The van der Waals surface area contributed by atoms with E-state index in [2.05, 4.69) is 16.0 Å². The molecule has 4 nitrogen and oxygen atoms in total. The number of aromatic nitrogens is 1. The highest BCUT2D eigenvalue weighted by Gasteiger charge is 2.25. The lowest BCUT2D eigenvalue weighted by Crippen LogP contribution is -2.37. The smallest absolute Gasteiger partial charge is 0.309 e. The molecule has 0 amide bonds. The predicted molar refractivity (Wildman–Crippen MR) is 70.5 cm³/mol. The Morgan fingerprint density at radius 3 is 2.83 bits per heavy atom. The minimum atomic E-state index is -0.0388. The van der Waals surface area contributed by atoms with Crippen molar-refractivity contribution in [3.8, 4) is 0 Å². The number of piperidine rings is 1. The molecule has 4 heteroatoms. The Labute approximate surface area is 108 Å². The highest BCUT2D eigenvalue weighted by molar-refractivity contribution is 5.72. The van der Waals surface area contributed by atoms with Crippen molar-refractivity contribution < 1.29 is 9.53 Å². The van der Waals surface area contributed by atoms with Gasteiger partial charge < -0.3 is 9.64 Å². The second kappa shape index (κ2) is 5.85. The summed E-state index contributed by atoms with van der Waals surface area (Å²) in [6.45, 7) is 6.14. The molecule has 0 N–H and O–H groups in total. The normalized spacial score (nSPS) is 16.7. The van der Waals surface area contributed by atoms with E-state index in [0.29, 0.717) is 6.61 Å². The minimum Gasteiger partial charge on any atom is -0.466 e. The molecular formula is C14H20N2O2. The van der Waals surface area contributed by atoms with Gasteiger partial charge in [-0.25, -0.2) is 0 Å². The van der Waals surface area contributed by atoms with E-state index in [1.54, 1.807) is 0 Å². The Balaban J connectivity index is 1.92. The van der Waals surface area contributed by atoms with Crippen LogP contribution in [-0.4, -0.2) is 30.6 Å². The van der Waals surface area contributed by atoms with Crippen LogP contribution in [0.3, 0.4) is 0 Å². The molecule has 1 fully saturated rings. The van der Waals surface area contributed by atoms with Crippen LogP contribution in [-0.2, 0) is 9.53 Å². The summed E-state index contributed by atoms with van der Waals surface area (Å²) in [6.07, 6.45) is 3.59. The number of esters is 1. The molecule has 1 aromatic rings. The summed E-state index contributed by atoms with van der Waals surface area (Å²) in [5.74, 6) is 0.0344. The van der Waals surface area contributed by atoms with Crippen LogP contribution in [0.4, 0.5) is 5.69 Å². The maximum Gasteiger partial charge on any atom is 0.309 e. The molecule has 0 atom stereocenters. The van der Waals surface area contributed by atoms with Gasteiger partial charge in [-0.05, 0) is 38.8 Å². The molecule has 0 saturated carbocycles. The van der Waals surface area contributed by atoms with Crippen LogP contribution >= 0.6 is 0 Å². The lowest BCUT2D eigenvalue weighted by molar-refractivity contribution is -0.148. The lowest BCUT2D eigenvalue weighted by Gasteiger charge is -2.32. The molecule has 18 heavy (non-hydrogen) atoms. The third-order valence-corrected chi connectivity index (χ3v) is 3.36. The van der Waals surface area contributed by atoms with E-state index in [1.165, 1.54) is 5.69 Å². The molecule has 1 aliphatic heterocycles. The van der Waals surface area contributed by atoms with Crippen molar-refractivity contribution in [3.63, 3.8) is 0 Å². The van der Waals surface area contributed by atoms with Crippen LogP contribution in [0.2, 0.25) is 0 Å². The van der Waals surface area contributed by atoms with Crippen molar-refractivity contribution in [2.75, 3.05) is 24.6 Å². The number of carbonyl (C=O) groups is 1. The number of aryl methyl sites for hydroxylation is 1. The summed E-state index contributed by atoms with van der Waals surface area (Å²) in [4.78, 5) is 18.2. The summed E-state index contributed by atoms with van der Waals surface area (Å²) in [6, 6.07) is 4.11. The number of ether oxygens (including phenoxy) is 1. The first-order valence-electron chi connectivity index (χ1n) is 6.55. The molecule has 1 aromatic heterocycles. The Morgan fingerprint density at radius 2 is 2.22 bits per heavy atom. The first-order chi connectivity index (χ1) is 8.70. The monoisotopic (exact) mass is 248 g/mol. The van der Waals surface area contributed by atoms with Crippen LogP contribution in [0.5, 0.6) is 0 Å². The number of anilines is 1. The number of nitrogens with zero attached hydrogens (tertiary/aromatic N) is 2. The van der Waals surface area contributed by atoms with Crippen LogP contribution in [0.1, 0.15) is 25.5 Å². The van der Waals surface area contributed by atoms with Gasteiger partial charge >= 0.3 is 5.97 Å². The highest BCUT2D eigenvalue weighted by atomic mass is 16.5. The van der Waals surface area contributed by atoms with Gasteiger partial charge in [0.2, 0.25) is 0 Å². The number of hydrogen-bond donors (Lipinski definition) is 0. The standard InChI is InChI=1S/C14H20N2O2/c1-3-18-14(17)12-5-8-16(9-6-12)13-4-7-15-11(2)10-13/h4,7,10,12H,3,5-6,8-9H2,1-2H3. The zero-order chi connectivity index (χ0) is 13.0. The third-order valence-electron chi connectivity index (χ3n) is 3.36. The maximum absolute atomic E-state index is 11.6. The van der Waals surface area contributed by atoms with E-state index in [0.717, 1.165) is 31.6 Å². The van der Waals surface area contributed by atoms with E-state index in [4.69, 9.17) is 4.74 Å². The Hall–Kier alpha value is -1.58. The van der Waals surface area contributed by atoms with Crippen LogP contribution < -0.4 is 4.90 Å². The molecule has 0 radical (unpaired) electrons. The molecule has 2 rings (SSSR count). The molecule has 1 aliphatic rings. The van der Waals surface area contributed by atoms with E-state index in [9.17, 15) is 4.79 Å². The largest absolute Gasteiger partial charge is 0.466 e. The van der Waals surface area contributed by atoms with E-state index >= 15 is 0 Å². The number of hydrogen-bond acceptors (Lipinski definition) is 4. The van der Waals surface area contributed by atoms with Gasteiger partial charge in [-0.2, -0.15) is 0 Å². The van der Waals surface area contributed by atoms with Gasteiger partial charge in [0, 0.05) is 30.7 Å². The second-order valence-corrected chi connectivity index (χ2v) is 4.67. The molecule has 0 unspecified atom stereocenters. The fourth-order valence-corrected chi connectivity index (χ4v) is 2.36. The van der Waals surface area contributed by atoms with E-state index in [1.807, 2.05) is 26.1 Å². The molecule has 0 aliphatic carbocycles. The van der Waals surface area contributed by atoms with Gasteiger partial charge in [-0.15, -0.1) is 0 Å². The second-order valence-electron chi connectivity index (χ2n) is 4.67. The fraction of sp³-hybridized carbons (Fsp3) is 0.571. The maximum atomic E-state index is 11.6. The van der Waals surface area contributed by atoms with Gasteiger partial charge in [0.05, 0.1) is 12.5 Å². The average molecular weight is 248 g/mol. The molecule has 0 spiro atoms. The van der Waals surface area contributed by atoms with Crippen molar-refractivity contribution in [3.05, 3.63) is 24.0 Å². The zero-order valence-corrected chi connectivity index (χ0v) is 11.1. The fourth-order valence-electron chi connectivity index (χ4n) is 2.36. The quantitative estimate of drug-likeness (QED) is 0.769. The van der Waals surface area contributed by atoms with Crippen molar-refractivity contribution in [1.82, 2.24) is 4.98 Å². The Bertz CT molecular complexity index is 412. The molecule has 98 valence electrons. The van der Waals surface area contributed by atoms with Crippen molar-refractivity contribution in [2.24, 2.45) is 5.92 Å². The van der Waals surface area contributed by atoms with Crippen molar-refractivity contribution in [2.45, 2.75) is 26.7 Å². The molecule has 2 heterocycles. The Morgan fingerprint density at radius 1 is 1.50 bits per heavy atom. The topological polar surface area (TPSA) is 42.4 Å². The summed E-state index contributed by atoms with van der Waals surface area (Å²) in [5.41, 5.74) is 2.23. The van der Waals surface area contributed by atoms with Gasteiger partial charge in [0.15, 0.2) is 0 Å². The summed E-state index contributed by atoms with van der Waals surface area (Å²) in [7, 11) is 0. The highest BCUT2D eigenvalue weighted by Crippen LogP contribution is 2.24. The number of rotatable bonds is 3. The van der Waals surface area contributed by atoms with Gasteiger partial charge in [-0.3, -0.25) is 9.78 Å². The number of carbonyl (C=O) groups excluding carboxylic acids is 1. The SMILES string of the molecule is CCOC(=O)C1CCN(c2ccnc(C)c2)CC1. The van der Waals surface area contributed by atoms with Gasteiger partial charge in [-0.1, -0.05) is 0 Å². The van der Waals surface area contributed by atoms with E-state index in [-0.39, 0.29) is 11.9 Å². The van der Waals surface area contributed by atoms with Crippen LogP contribution in [0.25, 0.3) is 0 Å². The predicted octanol–water partition coefficient (Wildman–Crippen LogP) is 2.17. The zero-order valence-electron chi connectivity index (χ0n) is 11.1. The minimum absolute atomic E-state index is 0.0388. The van der Waals surface area contributed by atoms with Gasteiger partial charge in [0.25, 0.3) is 0 Å². The molecule has 0 aromatic carbocycles. The molecule has 1 saturated heterocycles. The summed E-state index contributed by atoms with van der Waals surface area (Å²) in [5, 5.41) is 0. The first-order valence-corrected chi connectivity index (χ1v) is 6.55. The number of pyridine rings is 1. The van der Waals surface area contributed by atoms with Crippen molar-refractivity contribution >= 4 is 11.7 Å². The van der Waals surface area contributed by atoms with E-state index < -0.39 is 0 Å². The van der Waals surface area contributed by atoms with Crippen LogP contribution in [0, 0.1) is 12.8 Å². The Kier molecular flexibility index (Phi) is 4.18. The van der Waals surface area contributed by atoms with Gasteiger partial charge in [0.1, 0.15) is 0 Å². The van der Waals surface area contributed by atoms with Crippen molar-refractivity contribution in [1.29, 1.82) is 0 Å². The molecule has 0 bridgehead atoms. The average Bonchev–Trinajstić information content (AvgIpc) is 2.39. The third kappa shape index (κ3) is 3.00.